The van der Waals surface area contributed by atoms with E-state index in [2.05, 4.69) is 5.16 Å². The van der Waals surface area contributed by atoms with Gasteiger partial charge in [0.15, 0.2) is 0 Å². The van der Waals surface area contributed by atoms with Crippen molar-refractivity contribution in [2.75, 3.05) is 11.4 Å². The van der Waals surface area contributed by atoms with Crippen LogP contribution in [0.3, 0.4) is 0 Å². The van der Waals surface area contributed by atoms with E-state index in [4.69, 9.17) is 9.26 Å². The predicted octanol–water partition coefficient (Wildman–Crippen LogP) is 3.17. The van der Waals surface area contributed by atoms with Gasteiger partial charge in [-0.1, -0.05) is 5.16 Å². The average molecular weight is 328 g/mol. The molecule has 1 aliphatic heterocycles. The van der Waals surface area contributed by atoms with Gasteiger partial charge in [0, 0.05) is 18.7 Å². The molecule has 0 bridgehead atoms. The minimum atomic E-state index is -0.411. The van der Waals surface area contributed by atoms with Crippen molar-refractivity contribution >= 4 is 17.6 Å². The first-order chi connectivity index (χ1) is 11.6. The first-order valence-electron chi connectivity index (χ1n) is 8.05. The molecule has 1 fully saturated rings. The standard InChI is InChI=1S/C18H20N2O4/c1-12-16(13(2)24-19-12)11-23-18(22)14-6-8-15(9-7-14)20-10-4-3-5-17(20)21/h6-9H,3-5,10-11H2,1-2H3. The van der Waals surface area contributed by atoms with Gasteiger partial charge in [-0.3, -0.25) is 4.79 Å². The van der Waals surface area contributed by atoms with E-state index >= 15 is 0 Å². The van der Waals surface area contributed by atoms with Crippen molar-refractivity contribution in [2.45, 2.75) is 39.7 Å². The molecule has 0 aliphatic carbocycles. The van der Waals surface area contributed by atoms with Crippen LogP contribution in [0.1, 0.15) is 46.6 Å². The second-order valence-electron chi connectivity index (χ2n) is 5.93. The number of ether oxygens (including phenoxy) is 1. The van der Waals surface area contributed by atoms with Gasteiger partial charge in [0.2, 0.25) is 5.91 Å². The summed E-state index contributed by atoms with van der Waals surface area (Å²) in [5, 5.41) is 3.83. The summed E-state index contributed by atoms with van der Waals surface area (Å²) >= 11 is 0. The molecular weight excluding hydrogens is 308 g/mol. The Kier molecular flexibility index (Phi) is 4.64. The maximum absolute atomic E-state index is 12.2. The molecule has 0 spiro atoms. The van der Waals surface area contributed by atoms with Crippen molar-refractivity contribution < 1.29 is 18.8 Å². The van der Waals surface area contributed by atoms with Crippen LogP contribution in [0, 0.1) is 13.8 Å². The fourth-order valence-corrected chi connectivity index (χ4v) is 2.79. The Hall–Kier alpha value is -2.63. The number of benzene rings is 1. The smallest absolute Gasteiger partial charge is 0.338 e. The Labute approximate surface area is 140 Å². The van der Waals surface area contributed by atoms with Gasteiger partial charge in [0.1, 0.15) is 12.4 Å². The highest BCUT2D eigenvalue weighted by atomic mass is 16.5. The number of hydrogen-bond acceptors (Lipinski definition) is 5. The normalized spacial score (nSPS) is 14.8. The summed E-state index contributed by atoms with van der Waals surface area (Å²) in [7, 11) is 0. The van der Waals surface area contributed by atoms with Crippen molar-refractivity contribution in [3.05, 3.63) is 46.8 Å². The van der Waals surface area contributed by atoms with Gasteiger partial charge in [0.05, 0.1) is 16.8 Å². The van der Waals surface area contributed by atoms with Crippen molar-refractivity contribution in [2.24, 2.45) is 0 Å². The van der Waals surface area contributed by atoms with E-state index in [0.29, 0.717) is 17.7 Å². The molecular formula is C18H20N2O4. The van der Waals surface area contributed by atoms with E-state index < -0.39 is 5.97 Å². The molecule has 6 nitrogen and oxygen atoms in total. The second kappa shape index (κ2) is 6.86. The lowest BCUT2D eigenvalue weighted by Gasteiger charge is -2.26. The molecule has 126 valence electrons. The summed E-state index contributed by atoms with van der Waals surface area (Å²) in [6, 6.07) is 6.95. The van der Waals surface area contributed by atoms with Gasteiger partial charge in [-0.2, -0.15) is 0 Å². The zero-order valence-corrected chi connectivity index (χ0v) is 13.9. The Morgan fingerprint density at radius 3 is 2.62 bits per heavy atom. The topological polar surface area (TPSA) is 72.6 Å². The number of carbonyl (C=O) groups excluding carboxylic acids is 2. The van der Waals surface area contributed by atoms with E-state index in [9.17, 15) is 9.59 Å². The zero-order chi connectivity index (χ0) is 17.1. The number of carbonyl (C=O) groups is 2. The zero-order valence-electron chi connectivity index (χ0n) is 13.9. The molecule has 0 unspecified atom stereocenters. The number of hydrogen-bond donors (Lipinski definition) is 0. The van der Waals surface area contributed by atoms with Crippen LogP contribution in [-0.4, -0.2) is 23.6 Å². The first kappa shape index (κ1) is 16.2. The van der Waals surface area contributed by atoms with Gasteiger partial charge in [0.25, 0.3) is 0 Å². The number of esters is 1. The van der Waals surface area contributed by atoms with Crippen molar-refractivity contribution in [3.63, 3.8) is 0 Å². The van der Waals surface area contributed by atoms with E-state index in [1.807, 2.05) is 6.92 Å². The highest BCUT2D eigenvalue weighted by Gasteiger charge is 2.20. The number of amides is 1. The number of aromatic nitrogens is 1. The lowest BCUT2D eigenvalue weighted by atomic mass is 10.1. The Balaban J connectivity index is 1.64. The van der Waals surface area contributed by atoms with Crippen molar-refractivity contribution in [1.82, 2.24) is 5.16 Å². The summed E-state index contributed by atoms with van der Waals surface area (Å²) < 4.78 is 10.4. The molecule has 6 heteroatoms. The van der Waals surface area contributed by atoms with Crippen molar-refractivity contribution in [1.29, 1.82) is 0 Å². The van der Waals surface area contributed by atoms with Crippen LogP contribution >= 0.6 is 0 Å². The van der Waals surface area contributed by atoms with Crippen LogP contribution in [0.15, 0.2) is 28.8 Å². The number of anilines is 1. The molecule has 1 amide bonds. The summed E-state index contributed by atoms with van der Waals surface area (Å²) in [6.07, 6.45) is 2.54. The van der Waals surface area contributed by atoms with Crippen LogP contribution in [0.5, 0.6) is 0 Å². The van der Waals surface area contributed by atoms with E-state index in [1.54, 1.807) is 36.1 Å². The molecule has 1 aromatic heterocycles. The first-order valence-corrected chi connectivity index (χ1v) is 8.05. The van der Waals surface area contributed by atoms with Gasteiger partial charge < -0.3 is 14.2 Å². The molecule has 2 aromatic rings. The lowest BCUT2D eigenvalue weighted by molar-refractivity contribution is -0.119. The summed E-state index contributed by atoms with van der Waals surface area (Å²) in [5.41, 5.74) is 2.79. The molecule has 0 atom stereocenters. The Bertz CT molecular complexity index is 729. The molecule has 1 aromatic carbocycles. The summed E-state index contributed by atoms with van der Waals surface area (Å²) in [4.78, 5) is 25.9. The summed E-state index contributed by atoms with van der Waals surface area (Å²) in [6.45, 7) is 4.46. The van der Waals surface area contributed by atoms with Crippen LogP contribution in [0.25, 0.3) is 0 Å². The SMILES string of the molecule is Cc1noc(C)c1COC(=O)c1ccc(N2CCCCC2=O)cc1. The molecule has 0 radical (unpaired) electrons. The number of piperidine rings is 1. The van der Waals surface area contributed by atoms with Gasteiger partial charge in [-0.05, 0) is 51.0 Å². The van der Waals surface area contributed by atoms with Crippen molar-refractivity contribution in [3.8, 4) is 0 Å². The molecule has 2 heterocycles. The highest BCUT2D eigenvalue weighted by molar-refractivity contribution is 5.95. The monoisotopic (exact) mass is 328 g/mol. The molecule has 1 saturated heterocycles. The Morgan fingerprint density at radius 1 is 1.25 bits per heavy atom. The third kappa shape index (κ3) is 3.32. The predicted molar refractivity (Wildman–Crippen MR) is 87.7 cm³/mol. The van der Waals surface area contributed by atoms with E-state index in [1.165, 1.54) is 0 Å². The molecule has 1 aliphatic rings. The maximum atomic E-state index is 12.2. The van der Waals surface area contributed by atoms with Crippen LogP contribution in [-0.2, 0) is 16.1 Å². The molecule has 0 N–H and O–H groups in total. The quantitative estimate of drug-likeness (QED) is 0.806. The van der Waals surface area contributed by atoms with Crippen LogP contribution < -0.4 is 4.90 Å². The number of aryl methyl sites for hydroxylation is 2. The van der Waals surface area contributed by atoms with Gasteiger partial charge in [-0.15, -0.1) is 0 Å². The second-order valence-corrected chi connectivity index (χ2v) is 5.93. The molecule has 3 rings (SSSR count). The van der Waals surface area contributed by atoms with E-state index in [-0.39, 0.29) is 12.5 Å². The number of rotatable bonds is 4. The highest BCUT2D eigenvalue weighted by Crippen LogP contribution is 2.22. The fraction of sp³-hybridized carbons (Fsp3) is 0.389. The van der Waals surface area contributed by atoms with Crippen LogP contribution in [0.4, 0.5) is 5.69 Å². The fourth-order valence-electron chi connectivity index (χ4n) is 2.79. The molecule has 24 heavy (non-hydrogen) atoms. The van der Waals surface area contributed by atoms with Gasteiger partial charge in [-0.25, -0.2) is 4.79 Å². The van der Waals surface area contributed by atoms with Crippen LogP contribution in [0.2, 0.25) is 0 Å². The van der Waals surface area contributed by atoms with Gasteiger partial charge >= 0.3 is 5.97 Å². The third-order valence-corrected chi connectivity index (χ3v) is 4.27. The minimum Gasteiger partial charge on any atom is -0.457 e. The summed E-state index contributed by atoms with van der Waals surface area (Å²) in [5.74, 6) is 0.376. The number of nitrogens with zero attached hydrogens (tertiary/aromatic N) is 2. The maximum Gasteiger partial charge on any atom is 0.338 e. The largest absolute Gasteiger partial charge is 0.457 e. The average Bonchev–Trinajstić information content (AvgIpc) is 2.91. The minimum absolute atomic E-state index is 0.131. The Morgan fingerprint density at radius 2 is 2.00 bits per heavy atom. The molecule has 0 saturated carbocycles. The third-order valence-electron chi connectivity index (χ3n) is 4.27. The van der Waals surface area contributed by atoms with E-state index in [0.717, 1.165) is 36.3 Å². The lowest BCUT2D eigenvalue weighted by Crippen LogP contribution is -2.35.